The first-order valence-corrected chi connectivity index (χ1v) is 5.70. The summed E-state index contributed by atoms with van der Waals surface area (Å²) in [7, 11) is 0. The number of nitrogens with two attached hydrogens (primary N) is 1. The van der Waals surface area contributed by atoms with Crippen molar-refractivity contribution in [1.29, 1.82) is 0 Å². The average molecular weight is 239 g/mol. The minimum absolute atomic E-state index is 0.0641. The van der Waals surface area contributed by atoms with Gasteiger partial charge in [-0.05, 0) is 30.7 Å². The molecule has 0 aliphatic rings. The lowest BCUT2D eigenvalue weighted by Crippen LogP contribution is -1.88. The minimum atomic E-state index is 0.0641. The maximum atomic E-state index is 9.96. The number of phenolic OH excluding ortho intramolecular Hbond substituents is 1. The van der Waals surface area contributed by atoms with Crippen LogP contribution >= 0.6 is 0 Å². The molecule has 4 heteroatoms. The highest BCUT2D eigenvalue weighted by Gasteiger charge is 2.11. The number of aryl methyl sites for hydroxylation is 1. The van der Waals surface area contributed by atoms with Crippen LogP contribution < -0.4 is 5.73 Å². The molecule has 0 bridgehead atoms. The van der Waals surface area contributed by atoms with Crippen LogP contribution in [0.4, 0.5) is 5.69 Å². The van der Waals surface area contributed by atoms with Gasteiger partial charge in [0.05, 0.1) is 22.3 Å². The number of para-hydroxylation sites is 2. The number of benzene rings is 2. The van der Waals surface area contributed by atoms with Gasteiger partial charge < -0.3 is 15.8 Å². The largest absolute Gasteiger partial charge is 0.505 e. The number of rotatable bonds is 1. The highest BCUT2D eigenvalue weighted by atomic mass is 16.3. The van der Waals surface area contributed by atoms with E-state index >= 15 is 0 Å². The molecule has 4 N–H and O–H groups in total. The number of aromatic hydroxyl groups is 1. The number of hydrogen-bond donors (Lipinski definition) is 3. The van der Waals surface area contributed by atoms with E-state index in [0.717, 1.165) is 16.6 Å². The van der Waals surface area contributed by atoms with Crippen LogP contribution in [0, 0.1) is 6.92 Å². The molecule has 0 saturated heterocycles. The van der Waals surface area contributed by atoms with Crippen LogP contribution in [0.15, 0.2) is 36.4 Å². The fraction of sp³-hybridized carbons (Fsp3) is 0.0714. The van der Waals surface area contributed by atoms with Gasteiger partial charge in [0.1, 0.15) is 11.6 Å². The van der Waals surface area contributed by atoms with Gasteiger partial charge in [-0.3, -0.25) is 0 Å². The standard InChI is InChI=1S/C14H13N3O/c1-8-4-2-7-11-12(8)17-14(16-11)9-5-3-6-10(15)13(9)18/h2-7,18H,15H2,1H3,(H,16,17). The third-order valence-electron chi connectivity index (χ3n) is 3.04. The maximum absolute atomic E-state index is 9.96. The Hall–Kier alpha value is -2.49. The van der Waals surface area contributed by atoms with Crippen LogP contribution in [0.25, 0.3) is 22.4 Å². The third-order valence-corrected chi connectivity index (χ3v) is 3.04. The summed E-state index contributed by atoms with van der Waals surface area (Å²) in [5, 5.41) is 9.96. The second-order valence-corrected chi connectivity index (χ2v) is 4.30. The fourth-order valence-electron chi connectivity index (χ4n) is 2.06. The van der Waals surface area contributed by atoms with Gasteiger partial charge in [-0.15, -0.1) is 0 Å². The highest BCUT2D eigenvalue weighted by Crippen LogP contribution is 2.33. The molecule has 3 rings (SSSR count). The molecule has 2 aromatic carbocycles. The van der Waals surface area contributed by atoms with Crippen LogP contribution in [0.1, 0.15) is 5.56 Å². The van der Waals surface area contributed by atoms with Crippen LogP contribution in [0.2, 0.25) is 0 Å². The number of anilines is 1. The second kappa shape index (κ2) is 3.77. The zero-order valence-corrected chi connectivity index (χ0v) is 9.94. The Morgan fingerprint density at radius 3 is 2.72 bits per heavy atom. The lowest BCUT2D eigenvalue weighted by Gasteiger charge is -2.03. The monoisotopic (exact) mass is 239 g/mol. The number of aromatic nitrogens is 2. The molecule has 0 saturated carbocycles. The van der Waals surface area contributed by atoms with Crippen molar-refractivity contribution in [2.45, 2.75) is 6.92 Å². The second-order valence-electron chi connectivity index (χ2n) is 4.30. The van der Waals surface area contributed by atoms with Crippen molar-refractivity contribution in [2.75, 3.05) is 5.73 Å². The van der Waals surface area contributed by atoms with Gasteiger partial charge in [-0.2, -0.15) is 0 Å². The summed E-state index contributed by atoms with van der Waals surface area (Å²) in [5.74, 6) is 0.693. The first kappa shape index (κ1) is 10.7. The van der Waals surface area contributed by atoms with Crippen molar-refractivity contribution in [2.24, 2.45) is 0 Å². The normalized spacial score (nSPS) is 10.9. The van der Waals surface area contributed by atoms with E-state index in [1.807, 2.05) is 25.1 Å². The third kappa shape index (κ3) is 1.50. The topological polar surface area (TPSA) is 74.9 Å². The molecule has 0 spiro atoms. The van der Waals surface area contributed by atoms with Gasteiger partial charge in [0.15, 0.2) is 0 Å². The molecule has 0 fully saturated rings. The highest BCUT2D eigenvalue weighted by molar-refractivity contribution is 5.84. The summed E-state index contributed by atoms with van der Waals surface area (Å²) in [4.78, 5) is 7.71. The van der Waals surface area contributed by atoms with Gasteiger partial charge in [-0.25, -0.2) is 4.98 Å². The predicted molar refractivity (Wildman–Crippen MR) is 72.3 cm³/mol. The number of nitrogen functional groups attached to an aromatic ring is 1. The van der Waals surface area contributed by atoms with Crippen molar-refractivity contribution in [3.8, 4) is 17.1 Å². The van der Waals surface area contributed by atoms with E-state index in [4.69, 9.17) is 5.73 Å². The molecule has 0 aliphatic heterocycles. The van der Waals surface area contributed by atoms with E-state index in [1.54, 1.807) is 18.2 Å². The van der Waals surface area contributed by atoms with Crippen LogP contribution in [-0.4, -0.2) is 15.1 Å². The van der Waals surface area contributed by atoms with Crippen LogP contribution in [0.3, 0.4) is 0 Å². The van der Waals surface area contributed by atoms with Crippen molar-refractivity contribution in [3.05, 3.63) is 42.0 Å². The van der Waals surface area contributed by atoms with Gasteiger partial charge in [-0.1, -0.05) is 18.2 Å². The van der Waals surface area contributed by atoms with Crippen LogP contribution in [0.5, 0.6) is 5.75 Å². The zero-order chi connectivity index (χ0) is 12.7. The molecule has 0 unspecified atom stereocenters. The SMILES string of the molecule is Cc1cccc2[nH]c(-c3cccc(N)c3O)nc12. The number of hydrogen-bond acceptors (Lipinski definition) is 3. The Kier molecular flexibility index (Phi) is 2.23. The molecular formula is C14H13N3O. The first-order valence-electron chi connectivity index (χ1n) is 5.70. The van der Waals surface area contributed by atoms with Crippen molar-refractivity contribution in [3.63, 3.8) is 0 Å². The number of aromatic amines is 1. The smallest absolute Gasteiger partial charge is 0.149 e. The van der Waals surface area contributed by atoms with E-state index in [2.05, 4.69) is 9.97 Å². The summed E-state index contributed by atoms with van der Waals surface area (Å²) in [6.07, 6.45) is 0. The van der Waals surface area contributed by atoms with Crippen LogP contribution in [-0.2, 0) is 0 Å². The zero-order valence-electron chi connectivity index (χ0n) is 9.94. The molecule has 18 heavy (non-hydrogen) atoms. The van der Waals surface area contributed by atoms with Gasteiger partial charge in [0.2, 0.25) is 0 Å². The first-order chi connectivity index (χ1) is 8.66. The summed E-state index contributed by atoms with van der Waals surface area (Å²) < 4.78 is 0. The van der Waals surface area contributed by atoms with Gasteiger partial charge in [0, 0.05) is 0 Å². The fourth-order valence-corrected chi connectivity index (χ4v) is 2.06. The number of nitrogens with zero attached hydrogens (tertiary/aromatic N) is 1. The van der Waals surface area contributed by atoms with Gasteiger partial charge >= 0.3 is 0 Å². The molecular weight excluding hydrogens is 226 g/mol. The number of fused-ring (bicyclic) bond motifs is 1. The number of imidazole rings is 1. The molecule has 4 nitrogen and oxygen atoms in total. The van der Waals surface area contributed by atoms with E-state index in [1.165, 1.54) is 0 Å². The van der Waals surface area contributed by atoms with E-state index in [-0.39, 0.29) is 5.75 Å². The van der Waals surface area contributed by atoms with Crippen molar-refractivity contribution < 1.29 is 5.11 Å². The predicted octanol–water partition coefficient (Wildman–Crippen LogP) is 2.83. The number of nitrogens with one attached hydrogen (secondary N) is 1. The maximum Gasteiger partial charge on any atom is 0.149 e. The molecule has 0 radical (unpaired) electrons. The molecule has 1 aromatic heterocycles. The van der Waals surface area contributed by atoms with Gasteiger partial charge in [0.25, 0.3) is 0 Å². The molecule has 1 heterocycles. The molecule has 0 atom stereocenters. The number of phenols is 1. The summed E-state index contributed by atoms with van der Waals surface area (Å²) >= 11 is 0. The van der Waals surface area contributed by atoms with E-state index in [9.17, 15) is 5.11 Å². The Bertz CT molecular complexity index is 731. The minimum Gasteiger partial charge on any atom is -0.505 e. The summed E-state index contributed by atoms with van der Waals surface area (Å²) in [6.45, 7) is 2.01. The molecule has 0 aliphatic carbocycles. The quantitative estimate of drug-likeness (QED) is 0.451. The Balaban J connectivity index is 2.26. The average Bonchev–Trinajstić information content (AvgIpc) is 2.78. The molecule has 90 valence electrons. The lowest BCUT2D eigenvalue weighted by atomic mass is 10.1. The Labute approximate surface area is 104 Å². The summed E-state index contributed by atoms with van der Waals surface area (Å²) in [5.41, 5.74) is 9.62. The molecule has 0 amide bonds. The number of H-pyrrole nitrogens is 1. The Morgan fingerprint density at radius 1 is 1.17 bits per heavy atom. The lowest BCUT2D eigenvalue weighted by molar-refractivity contribution is 0.479. The van der Waals surface area contributed by atoms with E-state index < -0.39 is 0 Å². The van der Waals surface area contributed by atoms with E-state index in [0.29, 0.717) is 17.1 Å². The summed E-state index contributed by atoms with van der Waals surface area (Å²) in [6, 6.07) is 11.2. The van der Waals surface area contributed by atoms with Crippen molar-refractivity contribution in [1.82, 2.24) is 9.97 Å². The Morgan fingerprint density at radius 2 is 1.94 bits per heavy atom. The molecule has 3 aromatic rings. The van der Waals surface area contributed by atoms with Crippen molar-refractivity contribution >= 4 is 16.7 Å².